The van der Waals surface area contributed by atoms with Crippen molar-refractivity contribution < 1.29 is 18.8 Å². The van der Waals surface area contributed by atoms with E-state index in [0.717, 1.165) is 16.7 Å². The molecule has 3 aromatic rings. The molecule has 3 rings (SSSR count). The number of benzene rings is 1. The zero-order chi connectivity index (χ0) is 21.7. The van der Waals surface area contributed by atoms with E-state index in [2.05, 4.69) is 9.97 Å². The smallest absolute Gasteiger partial charge is 0.321 e. The summed E-state index contributed by atoms with van der Waals surface area (Å²) in [5.41, 5.74) is 0.937. The summed E-state index contributed by atoms with van der Waals surface area (Å²) in [5, 5.41) is 9.93. The quantitative estimate of drug-likeness (QED) is 0.429. The number of carbonyl (C=O) groups is 1. The standard InChI is InChI=1S/C22H19FN4O3/c1-22(2,3)15-6-8-26-21(10-15)27(29-14-28)20-5-4-17(12-19(20)23)30-18-7-9-25-16(11-18)13-24/h4-12,14H,1-3H3. The van der Waals surface area contributed by atoms with Crippen molar-refractivity contribution in [2.75, 3.05) is 5.06 Å². The Hall–Kier alpha value is -3.99. The Labute approximate surface area is 173 Å². The number of nitrogens with zero attached hydrogens (tertiary/aromatic N) is 4. The van der Waals surface area contributed by atoms with Gasteiger partial charge in [-0.3, -0.25) is 4.79 Å². The van der Waals surface area contributed by atoms with Crippen LogP contribution in [-0.4, -0.2) is 16.4 Å². The van der Waals surface area contributed by atoms with Gasteiger partial charge in [0.2, 0.25) is 0 Å². The number of nitriles is 1. The predicted molar refractivity (Wildman–Crippen MR) is 108 cm³/mol. The average molecular weight is 406 g/mol. The molecule has 0 radical (unpaired) electrons. The van der Waals surface area contributed by atoms with E-state index in [1.807, 2.05) is 32.9 Å². The Morgan fingerprint density at radius 1 is 1.07 bits per heavy atom. The van der Waals surface area contributed by atoms with Crippen LogP contribution in [0.1, 0.15) is 32.0 Å². The zero-order valence-corrected chi connectivity index (χ0v) is 16.7. The third kappa shape index (κ3) is 4.70. The number of rotatable bonds is 6. The van der Waals surface area contributed by atoms with Crippen LogP contribution in [0.25, 0.3) is 0 Å². The average Bonchev–Trinajstić information content (AvgIpc) is 2.72. The van der Waals surface area contributed by atoms with E-state index >= 15 is 0 Å². The van der Waals surface area contributed by atoms with Crippen LogP contribution in [-0.2, 0) is 15.0 Å². The van der Waals surface area contributed by atoms with Gasteiger partial charge in [0.1, 0.15) is 28.9 Å². The largest absolute Gasteiger partial charge is 0.457 e. The Morgan fingerprint density at radius 2 is 1.80 bits per heavy atom. The maximum atomic E-state index is 14.9. The first-order chi connectivity index (χ1) is 14.3. The molecular formula is C22H19FN4O3. The number of halogens is 1. The van der Waals surface area contributed by atoms with Gasteiger partial charge in [-0.05, 0) is 41.3 Å². The second-order valence-corrected chi connectivity index (χ2v) is 7.35. The van der Waals surface area contributed by atoms with Gasteiger partial charge in [-0.25, -0.2) is 14.4 Å². The summed E-state index contributed by atoms with van der Waals surface area (Å²) >= 11 is 0. The first-order valence-corrected chi connectivity index (χ1v) is 9.02. The van der Waals surface area contributed by atoms with Crippen molar-refractivity contribution in [3.05, 3.63) is 71.9 Å². The van der Waals surface area contributed by atoms with Gasteiger partial charge in [-0.1, -0.05) is 20.8 Å². The van der Waals surface area contributed by atoms with Crippen LogP contribution in [0.15, 0.2) is 54.9 Å². The monoisotopic (exact) mass is 406 g/mol. The highest BCUT2D eigenvalue weighted by molar-refractivity contribution is 5.62. The number of ether oxygens (including phenoxy) is 1. The second-order valence-electron chi connectivity index (χ2n) is 7.35. The number of anilines is 2. The van der Waals surface area contributed by atoms with Crippen molar-refractivity contribution in [1.82, 2.24) is 9.97 Å². The molecule has 0 unspecified atom stereocenters. The zero-order valence-electron chi connectivity index (χ0n) is 16.7. The highest BCUT2D eigenvalue weighted by atomic mass is 19.1. The van der Waals surface area contributed by atoms with Crippen LogP contribution in [0.3, 0.4) is 0 Å². The molecule has 0 aliphatic carbocycles. The topological polar surface area (TPSA) is 88.3 Å². The Bertz CT molecular complexity index is 1110. The van der Waals surface area contributed by atoms with E-state index in [1.165, 1.54) is 24.4 Å². The molecule has 8 heteroatoms. The van der Waals surface area contributed by atoms with E-state index in [1.54, 1.807) is 18.3 Å². The van der Waals surface area contributed by atoms with E-state index in [0.29, 0.717) is 5.75 Å². The lowest BCUT2D eigenvalue weighted by molar-refractivity contribution is -0.128. The van der Waals surface area contributed by atoms with Gasteiger partial charge in [-0.2, -0.15) is 10.3 Å². The van der Waals surface area contributed by atoms with E-state index in [4.69, 9.17) is 14.8 Å². The summed E-state index contributed by atoms with van der Waals surface area (Å²) in [6.45, 7) is 6.29. The SMILES string of the molecule is CC(C)(C)c1ccnc(N(OC=O)c2ccc(Oc3ccnc(C#N)c3)cc2F)c1. The highest BCUT2D eigenvalue weighted by Crippen LogP contribution is 2.33. The van der Waals surface area contributed by atoms with E-state index in [9.17, 15) is 9.18 Å². The van der Waals surface area contributed by atoms with E-state index < -0.39 is 5.82 Å². The lowest BCUT2D eigenvalue weighted by Gasteiger charge is -2.24. The molecule has 0 N–H and O–H groups in total. The Balaban J connectivity index is 1.93. The number of pyridine rings is 2. The fourth-order valence-corrected chi connectivity index (χ4v) is 2.66. The molecule has 2 aromatic heterocycles. The van der Waals surface area contributed by atoms with Crippen LogP contribution in [0, 0.1) is 17.1 Å². The molecule has 0 atom stereocenters. The van der Waals surface area contributed by atoms with Crippen molar-refractivity contribution in [1.29, 1.82) is 5.26 Å². The molecule has 0 aliphatic rings. The normalized spacial score (nSPS) is 10.8. The van der Waals surface area contributed by atoms with Crippen LogP contribution >= 0.6 is 0 Å². The van der Waals surface area contributed by atoms with Crippen LogP contribution in [0.5, 0.6) is 11.5 Å². The number of aromatic nitrogens is 2. The van der Waals surface area contributed by atoms with Gasteiger partial charge >= 0.3 is 6.47 Å². The first-order valence-electron chi connectivity index (χ1n) is 9.02. The molecule has 0 saturated heterocycles. The van der Waals surface area contributed by atoms with Crippen molar-refractivity contribution >= 4 is 18.0 Å². The minimum absolute atomic E-state index is 0.0135. The lowest BCUT2D eigenvalue weighted by atomic mass is 9.88. The van der Waals surface area contributed by atoms with Crippen LogP contribution in [0.4, 0.5) is 15.9 Å². The maximum Gasteiger partial charge on any atom is 0.321 e. The molecule has 0 fully saturated rings. The molecule has 0 bridgehead atoms. The lowest BCUT2D eigenvalue weighted by Crippen LogP contribution is -2.20. The summed E-state index contributed by atoms with van der Waals surface area (Å²) in [6.07, 6.45) is 2.99. The molecule has 0 amide bonds. The van der Waals surface area contributed by atoms with Crippen molar-refractivity contribution in [3.63, 3.8) is 0 Å². The molecular weight excluding hydrogens is 387 g/mol. The molecule has 152 valence electrons. The molecule has 2 heterocycles. The third-order valence-corrected chi connectivity index (χ3v) is 4.19. The van der Waals surface area contributed by atoms with Gasteiger partial charge in [0.15, 0.2) is 11.6 Å². The Kier molecular flexibility index (Phi) is 5.93. The predicted octanol–water partition coefficient (Wildman–Crippen LogP) is 4.80. The molecule has 0 spiro atoms. The first kappa shape index (κ1) is 20.7. The van der Waals surface area contributed by atoms with Crippen molar-refractivity contribution in [3.8, 4) is 17.6 Å². The highest BCUT2D eigenvalue weighted by Gasteiger charge is 2.21. The molecule has 30 heavy (non-hydrogen) atoms. The van der Waals surface area contributed by atoms with E-state index in [-0.39, 0.29) is 34.8 Å². The Morgan fingerprint density at radius 3 is 2.47 bits per heavy atom. The van der Waals surface area contributed by atoms with Gasteiger partial charge < -0.3 is 9.57 Å². The van der Waals surface area contributed by atoms with Gasteiger partial charge in [-0.15, -0.1) is 0 Å². The molecule has 0 aliphatic heterocycles. The van der Waals surface area contributed by atoms with Gasteiger partial charge in [0.05, 0.1) is 0 Å². The summed E-state index contributed by atoms with van der Waals surface area (Å²) in [7, 11) is 0. The minimum Gasteiger partial charge on any atom is -0.457 e. The van der Waals surface area contributed by atoms with Crippen LogP contribution < -0.4 is 9.80 Å². The molecule has 7 nitrogen and oxygen atoms in total. The fourth-order valence-electron chi connectivity index (χ4n) is 2.66. The van der Waals surface area contributed by atoms with Crippen molar-refractivity contribution in [2.45, 2.75) is 26.2 Å². The fraction of sp³-hybridized carbons (Fsp3) is 0.182. The number of hydrogen-bond donors (Lipinski definition) is 0. The molecule has 0 saturated carbocycles. The summed E-state index contributed by atoms with van der Waals surface area (Å²) in [5.74, 6) is 0.116. The second kappa shape index (κ2) is 8.57. The van der Waals surface area contributed by atoms with Crippen molar-refractivity contribution in [2.24, 2.45) is 0 Å². The van der Waals surface area contributed by atoms with Gasteiger partial charge in [0, 0.05) is 24.5 Å². The summed E-state index contributed by atoms with van der Waals surface area (Å²) < 4.78 is 20.5. The van der Waals surface area contributed by atoms with Crippen LogP contribution in [0.2, 0.25) is 0 Å². The third-order valence-electron chi connectivity index (χ3n) is 4.19. The number of hydrogen-bond acceptors (Lipinski definition) is 7. The maximum absolute atomic E-state index is 14.9. The molecule has 1 aromatic carbocycles. The van der Waals surface area contributed by atoms with Gasteiger partial charge in [0.25, 0.3) is 0 Å². The minimum atomic E-state index is -0.688. The summed E-state index contributed by atoms with van der Waals surface area (Å²) in [4.78, 5) is 24.1. The summed E-state index contributed by atoms with van der Waals surface area (Å²) in [6, 6.07) is 12.5. The number of carbonyl (C=O) groups excluding carboxylic acids is 1.